The molecule has 0 bridgehead atoms. The Morgan fingerprint density at radius 3 is 1.67 bits per heavy atom. The summed E-state index contributed by atoms with van der Waals surface area (Å²) in [6.45, 7) is 4.00. The van der Waals surface area contributed by atoms with E-state index in [1.54, 1.807) is 0 Å². The number of aromatic nitrogens is 2. The van der Waals surface area contributed by atoms with Gasteiger partial charge >= 0.3 is 0 Å². The molecule has 2 aromatic rings. The monoisotopic (exact) mass is 320 g/mol. The summed E-state index contributed by atoms with van der Waals surface area (Å²) in [6.07, 6.45) is 8.42. The van der Waals surface area contributed by atoms with E-state index >= 15 is 0 Å². The number of rotatable bonds is 4. The highest BCUT2D eigenvalue weighted by Crippen LogP contribution is 2.24. The molecule has 0 N–H and O–H groups in total. The second-order valence-corrected chi connectivity index (χ2v) is 6.38. The summed E-state index contributed by atoms with van der Waals surface area (Å²) < 4.78 is 0. The molecule has 0 aliphatic heterocycles. The van der Waals surface area contributed by atoms with Crippen molar-refractivity contribution in [2.45, 2.75) is 51.6 Å². The lowest BCUT2D eigenvalue weighted by Gasteiger charge is -2.25. The summed E-state index contributed by atoms with van der Waals surface area (Å²) in [6, 6.07) is 12.5. The Bertz CT molecular complexity index is 672. The average Bonchev–Trinajstić information content (AvgIpc) is 2.59. The fourth-order valence-electron chi connectivity index (χ4n) is 3.06. The molecule has 0 unspecified atom stereocenters. The van der Waals surface area contributed by atoms with Gasteiger partial charge in [0.05, 0.1) is 23.5 Å². The van der Waals surface area contributed by atoms with E-state index in [1.165, 1.54) is 12.8 Å². The van der Waals surface area contributed by atoms with Gasteiger partial charge in [-0.2, -0.15) is 0 Å². The molecule has 1 aliphatic rings. The molecule has 1 aliphatic carbocycles. The molecular weight excluding hydrogens is 296 g/mol. The van der Waals surface area contributed by atoms with E-state index in [2.05, 4.69) is 9.97 Å². The van der Waals surface area contributed by atoms with Gasteiger partial charge in [-0.1, -0.05) is 25.0 Å². The first-order valence-corrected chi connectivity index (χ1v) is 8.64. The van der Waals surface area contributed by atoms with Gasteiger partial charge < -0.3 is 0 Å². The van der Waals surface area contributed by atoms with E-state index in [0.29, 0.717) is 0 Å². The van der Waals surface area contributed by atoms with Crippen molar-refractivity contribution < 1.29 is 0 Å². The van der Waals surface area contributed by atoms with Crippen LogP contribution in [0, 0.1) is 13.8 Å². The highest BCUT2D eigenvalue weighted by atomic mass is 14.9. The second kappa shape index (κ2) is 7.95. The normalized spacial score (nSPS) is 21.6. The molecule has 2 atom stereocenters. The van der Waals surface area contributed by atoms with Crippen molar-refractivity contribution in [1.29, 1.82) is 0 Å². The molecule has 4 nitrogen and oxygen atoms in total. The average molecular weight is 320 g/mol. The first-order chi connectivity index (χ1) is 11.7. The fraction of sp³-hybridized carbons (Fsp3) is 0.400. The molecular formula is C20H24N4. The van der Waals surface area contributed by atoms with Crippen LogP contribution in [0.25, 0.3) is 0 Å². The zero-order valence-corrected chi connectivity index (χ0v) is 14.4. The number of nitrogens with zero attached hydrogens (tertiary/aromatic N) is 4. The Labute approximate surface area is 143 Å². The van der Waals surface area contributed by atoms with Gasteiger partial charge in [0, 0.05) is 23.8 Å². The maximum absolute atomic E-state index is 4.78. The van der Waals surface area contributed by atoms with Crippen LogP contribution in [-0.4, -0.2) is 34.5 Å². The van der Waals surface area contributed by atoms with Gasteiger partial charge in [-0.05, 0) is 51.0 Å². The smallest absolute Gasteiger partial charge is 0.0811 e. The topological polar surface area (TPSA) is 50.5 Å². The third-order valence-electron chi connectivity index (χ3n) is 4.31. The van der Waals surface area contributed by atoms with E-state index in [1.807, 2.05) is 62.7 Å². The van der Waals surface area contributed by atoms with E-state index in [0.717, 1.165) is 35.6 Å². The molecule has 0 aromatic carbocycles. The van der Waals surface area contributed by atoms with Crippen LogP contribution in [0.3, 0.4) is 0 Å². The maximum Gasteiger partial charge on any atom is 0.0811 e. The minimum Gasteiger partial charge on any atom is -0.285 e. The Balaban J connectivity index is 1.71. The quantitative estimate of drug-likeness (QED) is 0.801. The van der Waals surface area contributed by atoms with E-state index in [-0.39, 0.29) is 12.1 Å². The van der Waals surface area contributed by atoms with Crippen molar-refractivity contribution in [3.8, 4) is 0 Å². The highest BCUT2D eigenvalue weighted by Gasteiger charge is 2.23. The van der Waals surface area contributed by atoms with Crippen LogP contribution in [0.2, 0.25) is 0 Å². The molecule has 2 aromatic heterocycles. The van der Waals surface area contributed by atoms with Gasteiger partial charge in [-0.25, -0.2) is 0 Å². The molecule has 24 heavy (non-hydrogen) atoms. The maximum atomic E-state index is 4.78. The Hall–Kier alpha value is -2.36. The van der Waals surface area contributed by atoms with Gasteiger partial charge in [0.25, 0.3) is 0 Å². The van der Waals surface area contributed by atoms with Crippen molar-refractivity contribution >= 4 is 12.4 Å². The van der Waals surface area contributed by atoms with Gasteiger partial charge in [0.2, 0.25) is 0 Å². The predicted molar refractivity (Wildman–Crippen MR) is 99.2 cm³/mol. The minimum atomic E-state index is 0.238. The van der Waals surface area contributed by atoms with Crippen molar-refractivity contribution in [1.82, 2.24) is 9.97 Å². The first kappa shape index (κ1) is 16.5. The summed E-state index contributed by atoms with van der Waals surface area (Å²) >= 11 is 0. The Morgan fingerprint density at radius 1 is 0.792 bits per heavy atom. The summed E-state index contributed by atoms with van der Waals surface area (Å²) in [5.74, 6) is 0. The van der Waals surface area contributed by atoms with E-state index in [4.69, 9.17) is 9.98 Å². The van der Waals surface area contributed by atoms with Crippen LogP contribution in [-0.2, 0) is 0 Å². The van der Waals surface area contributed by atoms with Crippen LogP contribution in [0.4, 0.5) is 0 Å². The molecule has 1 fully saturated rings. The zero-order valence-electron chi connectivity index (χ0n) is 14.4. The summed E-state index contributed by atoms with van der Waals surface area (Å²) in [5.41, 5.74) is 3.87. The van der Waals surface area contributed by atoms with Gasteiger partial charge in [0.1, 0.15) is 0 Å². The van der Waals surface area contributed by atoms with Crippen LogP contribution in [0.1, 0.15) is 48.5 Å². The molecule has 1 saturated carbocycles. The second-order valence-electron chi connectivity index (χ2n) is 6.38. The number of pyridine rings is 2. The third kappa shape index (κ3) is 4.57. The SMILES string of the molecule is Cc1cccc(/C=N\[C@H]2CCCC[C@@H]2/N=C\c2cccc(C)n2)n1. The van der Waals surface area contributed by atoms with Crippen LogP contribution in [0.15, 0.2) is 46.4 Å². The molecule has 0 spiro atoms. The summed E-state index contributed by atoms with van der Waals surface area (Å²) in [4.78, 5) is 18.5. The van der Waals surface area contributed by atoms with Gasteiger partial charge in [-0.3, -0.25) is 20.0 Å². The largest absolute Gasteiger partial charge is 0.285 e. The lowest BCUT2D eigenvalue weighted by atomic mass is 9.91. The molecule has 0 radical (unpaired) electrons. The Morgan fingerprint density at radius 2 is 1.25 bits per heavy atom. The van der Waals surface area contributed by atoms with Crippen LogP contribution < -0.4 is 0 Å². The van der Waals surface area contributed by atoms with Crippen LogP contribution >= 0.6 is 0 Å². The third-order valence-corrected chi connectivity index (χ3v) is 4.31. The highest BCUT2D eigenvalue weighted by molar-refractivity contribution is 5.78. The first-order valence-electron chi connectivity index (χ1n) is 8.64. The van der Waals surface area contributed by atoms with Crippen molar-refractivity contribution in [2.75, 3.05) is 0 Å². The summed E-state index contributed by atoms with van der Waals surface area (Å²) in [7, 11) is 0. The number of aryl methyl sites for hydroxylation is 2. The van der Waals surface area contributed by atoms with Crippen molar-refractivity contribution in [3.05, 3.63) is 59.2 Å². The number of aliphatic imine (C=N–C) groups is 2. The van der Waals surface area contributed by atoms with Gasteiger partial charge in [0.15, 0.2) is 0 Å². The van der Waals surface area contributed by atoms with E-state index < -0.39 is 0 Å². The predicted octanol–water partition coefficient (Wildman–Crippen LogP) is 3.94. The van der Waals surface area contributed by atoms with Crippen molar-refractivity contribution in [2.24, 2.45) is 9.98 Å². The molecule has 124 valence electrons. The molecule has 2 heterocycles. The van der Waals surface area contributed by atoms with Gasteiger partial charge in [-0.15, -0.1) is 0 Å². The number of hydrogen-bond donors (Lipinski definition) is 0. The summed E-state index contributed by atoms with van der Waals surface area (Å²) in [5, 5.41) is 0. The van der Waals surface area contributed by atoms with Crippen molar-refractivity contribution in [3.63, 3.8) is 0 Å². The lowest BCUT2D eigenvalue weighted by molar-refractivity contribution is 0.390. The Kier molecular flexibility index (Phi) is 5.47. The van der Waals surface area contributed by atoms with Crippen LogP contribution in [0.5, 0.6) is 0 Å². The number of hydrogen-bond acceptors (Lipinski definition) is 4. The molecule has 0 saturated heterocycles. The van der Waals surface area contributed by atoms with E-state index in [9.17, 15) is 0 Å². The standard InChI is InChI=1S/C20H24N4/c1-15-7-5-9-17(23-15)13-21-19-11-3-4-12-20(19)22-14-18-10-6-8-16(2)24-18/h5-10,13-14,19-20H,3-4,11-12H2,1-2H3/b21-13-,22-14-/t19-,20-/m0/s1. The minimum absolute atomic E-state index is 0.238. The molecule has 0 amide bonds. The zero-order chi connectivity index (χ0) is 16.8. The lowest BCUT2D eigenvalue weighted by Crippen LogP contribution is -2.27. The molecule has 3 rings (SSSR count). The fourth-order valence-corrected chi connectivity index (χ4v) is 3.06. The molecule has 4 heteroatoms.